The summed E-state index contributed by atoms with van der Waals surface area (Å²) in [5, 5.41) is 0. The van der Waals surface area contributed by atoms with Gasteiger partial charge < -0.3 is 19.1 Å². The van der Waals surface area contributed by atoms with Gasteiger partial charge in [0.15, 0.2) is 0 Å². The van der Waals surface area contributed by atoms with Crippen LogP contribution in [0.4, 0.5) is 31.1 Å². The number of nitrogens with zero attached hydrogens (tertiary/aromatic N) is 2. The van der Waals surface area contributed by atoms with Crippen LogP contribution in [0.25, 0.3) is 0 Å². The third-order valence-electron chi connectivity index (χ3n) is 6.34. The fourth-order valence-electron chi connectivity index (χ4n) is 4.02. The lowest BCUT2D eigenvalue weighted by Crippen LogP contribution is -2.56. The number of carbonyl (C=O) groups is 2. The topological polar surface area (TPSA) is 68.3 Å². The van der Waals surface area contributed by atoms with Crippen molar-refractivity contribution in [2.75, 3.05) is 34.1 Å². The number of carbonyl (C=O) groups excluding carboxylic acids is 2. The van der Waals surface area contributed by atoms with Crippen molar-refractivity contribution in [3.8, 4) is 5.75 Å². The molecule has 0 radical (unpaired) electrons. The van der Waals surface area contributed by atoms with E-state index in [9.17, 15) is 35.9 Å². The van der Waals surface area contributed by atoms with E-state index in [1.165, 1.54) is 11.9 Å². The molecule has 1 aromatic carbocycles. The highest BCUT2D eigenvalue weighted by Crippen LogP contribution is 2.53. The summed E-state index contributed by atoms with van der Waals surface area (Å²) in [6.07, 6.45) is -10.2. The number of halogens is 6. The molecule has 0 atom stereocenters. The van der Waals surface area contributed by atoms with E-state index >= 15 is 0 Å². The maximum absolute atomic E-state index is 13.9. The molecule has 0 bridgehead atoms. The molecule has 2 rings (SSSR count). The van der Waals surface area contributed by atoms with Crippen LogP contribution >= 0.6 is 0 Å². The third-order valence-corrected chi connectivity index (χ3v) is 6.34. The third kappa shape index (κ3) is 5.97. The minimum absolute atomic E-state index is 0.0787. The Balaban J connectivity index is 2.18. The maximum Gasteiger partial charge on any atom is 0.430 e. The highest BCUT2D eigenvalue weighted by atomic mass is 19.4. The molecule has 0 unspecified atom stereocenters. The van der Waals surface area contributed by atoms with Crippen molar-refractivity contribution in [1.29, 1.82) is 0 Å². The molecular formula is C24H32F6N2O5. The van der Waals surface area contributed by atoms with Crippen molar-refractivity contribution in [3.63, 3.8) is 0 Å². The fourth-order valence-corrected chi connectivity index (χ4v) is 4.02. The van der Waals surface area contributed by atoms with E-state index in [2.05, 4.69) is 9.47 Å². The number of amides is 3. The Morgan fingerprint density at radius 1 is 1.00 bits per heavy atom. The molecule has 1 aromatic rings. The summed E-state index contributed by atoms with van der Waals surface area (Å²) < 4.78 is 97.4. The number of urea groups is 1. The molecule has 1 fully saturated rings. The predicted molar refractivity (Wildman–Crippen MR) is 121 cm³/mol. The second-order valence-electron chi connectivity index (χ2n) is 9.21. The number of unbranched alkanes of at least 4 members (excludes halogenated alkanes) is 1. The van der Waals surface area contributed by atoms with E-state index in [0.717, 1.165) is 24.1 Å². The standard InChI is InChI=1S/C24H32F6N2O5/c1-6-9-16-14-17(22(23(25,26)27,24(28,29)30)37-15-35-5)10-11-18(16)36-13-8-7-12-32-19(33)21(2,3)31(4)20(32)34/h10-11,14H,6-9,12-13,15H2,1-5H3. The molecule has 0 aliphatic carbocycles. The average molecular weight is 543 g/mol. The lowest BCUT2D eigenvalue weighted by atomic mass is 9.89. The van der Waals surface area contributed by atoms with Gasteiger partial charge in [-0.25, -0.2) is 4.79 Å². The van der Waals surface area contributed by atoms with Gasteiger partial charge in [-0.1, -0.05) is 19.4 Å². The summed E-state index contributed by atoms with van der Waals surface area (Å²) in [6.45, 7) is 4.02. The normalized spacial score (nSPS) is 16.6. The van der Waals surface area contributed by atoms with Crippen LogP contribution in [0, 0.1) is 0 Å². The zero-order chi connectivity index (χ0) is 28.2. The van der Waals surface area contributed by atoms with E-state index in [0.29, 0.717) is 25.3 Å². The number of aryl methyl sites for hydroxylation is 1. The van der Waals surface area contributed by atoms with Crippen molar-refractivity contribution >= 4 is 11.9 Å². The average Bonchev–Trinajstić information content (AvgIpc) is 2.93. The van der Waals surface area contributed by atoms with Gasteiger partial charge in [-0.2, -0.15) is 26.3 Å². The SMILES string of the molecule is CCCc1cc(C(OCOC)(C(F)(F)F)C(F)(F)F)ccc1OCCCCN1C(=O)N(C)C(C)(C)C1=O. The molecule has 13 heteroatoms. The number of likely N-dealkylation sites (N-methyl/N-ethyl adjacent to an activating group) is 1. The molecule has 0 N–H and O–H groups in total. The number of ether oxygens (including phenoxy) is 3. The van der Waals surface area contributed by atoms with Crippen molar-refractivity contribution < 1.29 is 50.1 Å². The lowest BCUT2D eigenvalue weighted by molar-refractivity contribution is -0.400. The summed E-state index contributed by atoms with van der Waals surface area (Å²) in [7, 11) is 2.46. The molecule has 0 spiro atoms. The van der Waals surface area contributed by atoms with Crippen LogP contribution in [0.3, 0.4) is 0 Å². The van der Waals surface area contributed by atoms with E-state index in [4.69, 9.17) is 4.74 Å². The van der Waals surface area contributed by atoms with E-state index in [1.54, 1.807) is 20.8 Å². The van der Waals surface area contributed by atoms with E-state index in [-0.39, 0.29) is 36.8 Å². The first-order valence-electron chi connectivity index (χ1n) is 11.7. The van der Waals surface area contributed by atoms with Crippen LogP contribution < -0.4 is 4.74 Å². The zero-order valence-electron chi connectivity index (χ0n) is 21.4. The molecule has 0 aromatic heterocycles. The number of hydrogen-bond acceptors (Lipinski definition) is 5. The van der Waals surface area contributed by atoms with Gasteiger partial charge in [-0.15, -0.1) is 0 Å². The number of hydrogen-bond donors (Lipinski definition) is 0. The first kappa shape index (κ1) is 30.7. The minimum atomic E-state index is -5.82. The Morgan fingerprint density at radius 3 is 2.11 bits per heavy atom. The van der Waals surface area contributed by atoms with Crippen LogP contribution in [0.2, 0.25) is 0 Å². The molecule has 0 saturated carbocycles. The van der Waals surface area contributed by atoms with Gasteiger partial charge in [0.05, 0.1) is 6.61 Å². The van der Waals surface area contributed by atoms with Crippen molar-refractivity contribution in [3.05, 3.63) is 29.3 Å². The molecule has 7 nitrogen and oxygen atoms in total. The zero-order valence-corrected chi connectivity index (χ0v) is 21.4. The second-order valence-corrected chi connectivity index (χ2v) is 9.21. The van der Waals surface area contributed by atoms with Crippen LogP contribution in [-0.2, 0) is 26.3 Å². The number of rotatable bonds is 12. The first-order valence-corrected chi connectivity index (χ1v) is 11.7. The predicted octanol–water partition coefficient (Wildman–Crippen LogP) is 5.41. The highest BCUT2D eigenvalue weighted by molar-refractivity contribution is 6.06. The summed E-state index contributed by atoms with van der Waals surface area (Å²) in [6, 6.07) is 2.14. The monoisotopic (exact) mass is 542 g/mol. The highest BCUT2D eigenvalue weighted by Gasteiger charge is 2.73. The molecular weight excluding hydrogens is 510 g/mol. The minimum Gasteiger partial charge on any atom is -0.493 e. The van der Waals surface area contributed by atoms with E-state index in [1.807, 2.05) is 0 Å². The number of methoxy groups -OCH3 is 1. The van der Waals surface area contributed by atoms with Crippen molar-refractivity contribution in [2.45, 2.75) is 69.9 Å². The fraction of sp³-hybridized carbons (Fsp3) is 0.667. The van der Waals surface area contributed by atoms with Crippen LogP contribution in [-0.4, -0.2) is 73.7 Å². The second kappa shape index (κ2) is 11.5. The summed E-state index contributed by atoms with van der Waals surface area (Å²) in [5.41, 5.74) is -6.49. The smallest absolute Gasteiger partial charge is 0.430 e. The Hall–Kier alpha value is -2.54. The van der Waals surface area contributed by atoms with Crippen LogP contribution in [0.1, 0.15) is 51.2 Å². The quantitative estimate of drug-likeness (QED) is 0.153. The molecule has 1 heterocycles. The van der Waals surface area contributed by atoms with Gasteiger partial charge in [0, 0.05) is 26.3 Å². The van der Waals surface area contributed by atoms with Crippen molar-refractivity contribution in [1.82, 2.24) is 9.80 Å². The maximum atomic E-state index is 13.9. The van der Waals surface area contributed by atoms with Crippen LogP contribution in [0.5, 0.6) is 5.75 Å². The summed E-state index contributed by atoms with van der Waals surface area (Å²) >= 11 is 0. The number of alkyl halides is 6. The van der Waals surface area contributed by atoms with Gasteiger partial charge in [0.25, 0.3) is 11.5 Å². The lowest BCUT2D eigenvalue weighted by Gasteiger charge is -2.37. The Labute approximate surface area is 211 Å². The molecule has 1 aliphatic heterocycles. The largest absolute Gasteiger partial charge is 0.493 e. The van der Waals surface area contributed by atoms with Gasteiger partial charge in [0.2, 0.25) is 0 Å². The molecule has 3 amide bonds. The Bertz CT molecular complexity index is 950. The van der Waals surface area contributed by atoms with Gasteiger partial charge >= 0.3 is 18.4 Å². The number of imide groups is 1. The van der Waals surface area contributed by atoms with Crippen LogP contribution in [0.15, 0.2) is 18.2 Å². The molecule has 210 valence electrons. The van der Waals surface area contributed by atoms with Gasteiger partial charge in [0.1, 0.15) is 18.1 Å². The molecule has 1 saturated heterocycles. The summed E-state index contributed by atoms with van der Waals surface area (Å²) in [5.74, 6) is -0.181. The van der Waals surface area contributed by atoms with E-state index < -0.39 is 41.9 Å². The Kier molecular flexibility index (Phi) is 9.50. The summed E-state index contributed by atoms with van der Waals surface area (Å²) in [4.78, 5) is 27.2. The van der Waals surface area contributed by atoms with Gasteiger partial charge in [-0.3, -0.25) is 9.69 Å². The number of benzene rings is 1. The van der Waals surface area contributed by atoms with Crippen molar-refractivity contribution in [2.24, 2.45) is 0 Å². The Morgan fingerprint density at radius 2 is 1.62 bits per heavy atom. The molecule has 37 heavy (non-hydrogen) atoms. The molecule has 1 aliphatic rings. The van der Waals surface area contributed by atoms with Gasteiger partial charge in [-0.05, 0) is 50.8 Å². The first-order chi connectivity index (χ1) is 17.1.